The minimum Gasteiger partial charge on any atom is -0.375 e. The molecule has 3 aromatic rings. The Morgan fingerprint density at radius 3 is 2.95 bits per heavy atom. The number of anilines is 1. The highest BCUT2D eigenvalue weighted by Crippen LogP contribution is 2.28. The largest absolute Gasteiger partial charge is 0.375 e. The van der Waals surface area contributed by atoms with Crippen LogP contribution in [0.3, 0.4) is 0 Å². The lowest BCUT2D eigenvalue weighted by atomic mass is 10.2. The lowest BCUT2D eigenvalue weighted by molar-refractivity contribution is 0.663. The van der Waals surface area contributed by atoms with Crippen LogP contribution in [0, 0.1) is 6.92 Å². The maximum atomic E-state index is 5.74. The Morgan fingerprint density at radius 1 is 1.32 bits per heavy atom. The zero-order valence-corrected chi connectivity index (χ0v) is 11.7. The molecule has 0 saturated carbocycles. The molecular formula is C13H15N5S. The zero-order chi connectivity index (χ0) is 13.4. The van der Waals surface area contributed by atoms with Gasteiger partial charge >= 0.3 is 0 Å². The van der Waals surface area contributed by atoms with Crippen LogP contribution in [0.4, 0.5) is 5.13 Å². The first-order valence-corrected chi connectivity index (χ1v) is 7.07. The number of thiazole rings is 1. The van der Waals surface area contributed by atoms with Gasteiger partial charge in [0.1, 0.15) is 5.82 Å². The average molecular weight is 273 g/mol. The summed E-state index contributed by atoms with van der Waals surface area (Å²) in [5.41, 5.74) is 7.73. The lowest BCUT2D eigenvalue weighted by Crippen LogP contribution is -2.01. The third kappa shape index (κ3) is 2.08. The summed E-state index contributed by atoms with van der Waals surface area (Å²) in [4.78, 5) is 4.27. The molecule has 19 heavy (non-hydrogen) atoms. The van der Waals surface area contributed by atoms with Crippen LogP contribution in [0.5, 0.6) is 0 Å². The van der Waals surface area contributed by atoms with E-state index >= 15 is 0 Å². The van der Waals surface area contributed by atoms with Gasteiger partial charge in [-0.3, -0.25) is 0 Å². The highest BCUT2D eigenvalue weighted by atomic mass is 32.1. The average Bonchev–Trinajstić information content (AvgIpc) is 2.92. The van der Waals surface area contributed by atoms with Gasteiger partial charge in [0.2, 0.25) is 0 Å². The minimum atomic E-state index is 0.596. The number of hydrogen-bond donors (Lipinski definition) is 1. The van der Waals surface area contributed by atoms with Crippen molar-refractivity contribution < 1.29 is 0 Å². The van der Waals surface area contributed by atoms with Gasteiger partial charge < -0.3 is 10.3 Å². The smallest absolute Gasteiger partial charge is 0.181 e. The quantitative estimate of drug-likeness (QED) is 0.796. The number of nitrogens with zero attached hydrogens (tertiary/aromatic N) is 4. The molecule has 98 valence electrons. The Morgan fingerprint density at radius 2 is 2.16 bits per heavy atom. The van der Waals surface area contributed by atoms with Gasteiger partial charge in [-0.15, -0.1) is 10.2 Å². The van der Waals surface area contributed by atoms with E-state index in [1.807, 2.05) is 19.1 Å². The number of nitrogen functional groups attached to an aromatic ring is 1. The highest BCUT2D eigenvalue weighted by Gasteiger charge is 2.11. The first-order chi connectivity index (χ1) is 9.19. The molecular weight excluding hydrogens is 258 g/mol. The molecule has 0 fully saturated rings. The molecule has 0 amide bonds. The van der Waals surface area contributed by atoms with Crippen molar-refractivity contribution in [3.05, 3.63) is 24.0 Å². The Kier molecular flexibility index (Phi) is 2.94. The third-order valence-electron chi connectivity index (χ3n) is 3.05. The van der Waals surface area contributed by atoms with Gasteiger partial charge in [0.05, 0.1) is 10.2 Å². The topological polar surface area (TPSA) is 69.6 Å². The second-order valence-electron chi connectivity index (χ2n) is 4.46. The van der Waals surface area contributed by atoms with Crippen LogP contribution in [-0.2, 0) is 6.54 Å². The molecule has 0 radical (unpaired) electrons. The summed E-state index contributed by atoms with van der Waals surface area (Å²) in [6, 6.07) is 6.09. The van der Waals surface area contributed by atoms with Crippen molar-refractivity contribution >= 4 is 26.7 Å². The number of hydrogen-bond acceptors (Lipinski definition) is 5. The Balaban J connectivity index is 2.13. The van der Waals surface area contributed by atoms with Crippen molar-refractivity contribution in [3.63, 3.8) is 0 Å². The molecule has 2 heterocycles. The predicted molar refractivity (Wildman–Crippen MR) is 78.1 cm³/mol. The summed E-state index contributed by atoms with van der Waals surface area (Å²) in [7, 11) is 0. The molecule has 0 unspecified atom stereocenters. The van der Waals surface area contributed by atoms with Crippen LogP contribution in [0.15, 0.2) is 18.2 Å². The zero-order valence-electron chi connectivity index (χ0n) is 10.9. The van der Waals surface area contributed by atoms with Crippen molar-refractivity contribution in [2.45, 2.75) is 26.8 Å². The summed E-state index contributed by atoms with van der Waals surface area (Å²) in [6.45, 7) is 5.06. The molecule has 3 rings (SSSR count). The highest BCUT2D eigenvalue weighted by molar-refractivity contribution is 7.22. The van der Waals surface area contributed by atoms with Crippen LogP contribution in [0.2, 0.25) is 0 Å². The van der Waals surface area contributed by atoms with E-state index in [0.29, 0.717) is 5.13 Å². The second-order valence-corrected chi connectivity index (χ2v) is 5.52. The lowest BCUT2D eigenvalue weighted by Gasteiger charge is -2.06. The number of aryl methyl sites for hydroxylation is 1. The van der Waals surface area contributed by atoms with Crippen LogP contribution in [0.1, 0.15) is 19.2 Å². The monoisotopic (exact) mass is 273 g/mol. The minimum absolute atomic E-state index is 0.596. The molecule has 2 aromatic heterocycles. The van der Waals surface area contributed by atoms with E-state index in [1.54, 1.807) is 0 Å². The SMILES string of the molecule is CCCn1c(C)nnc1-c1ccc2nc(N)sc2c1. The Bertz CT molecular complexity index is 728. The number of fused-ring (bicyclic) bond motifs is 1. The van der Waals surface area contributed by atoms with Gasteiger partial charge in [0.15, 0.2) is 11.0 Å². The predicted octanol–water partition coefficient (Wildman–Crippen LogP) is 2.86. The van der Waals surface area contributed by atoms with Crippen LogP contribution in [0.25, 0.3) is 21.6 Å². The van der Waals surface area contributed by atoms with Gasteiger partial charge in [-0.2, -0.15) is 0 Å². The summed E-state index contributed by atoms with van der Waals surface area (Å²) in [5, 5.41) is 9.05. The van der Waals surface area contributed by atoms with Gasteiger partial charge in [-0.05, 0) is 31.5 Å². The molecule has 0 atom stereocenters. The summed E-state index contributed by atoms with van der Waals surface area (Å²) < 4.78 is 3.23. The van der Waals surface area contributed by atoms with E-state index in [-0.39, 0.29) is 0 Å². The van der Waals surface area contributed by atoms with Crippen molar-refractivity contribution in [3.8, 4) is 11.4 Å². The molecule has 0 spiro atoms. The molecule has 1 aromatic carbocycles. The first-order valence-electron chi connectivity index (χ1n) is 6.25. The molecule has 0 saturated heterocycles. The van der Waals surface area contributed by atoms with Crippen LogP contribution >= 0.6 is 11.3 Å². The number of nitrogens with two attached hydrogens (primary N) is 1. The van der Waals surface area contributed by atoms with E-state index in [0.717, 1.165) is 40.4 Å². The third-order valence-corrected chi connectivity index (χ3v) is 3.89. The molecule has 2 N–H and O–H groups in total. The fraction of sp³-hybridized carbons (Fsp3) is 0.308. The normalized spacial score (nSPS) is 11.3. The molecule has 6 heteroatoms. The van der Waals surface area contributed by atoms with Crippen molar-refractivity contribution in [2.24, 2.45) is 0 Å². The van der Waals surface area contributed by atoms with Gasteiger partial charge in [-0.25, -0.2) is 4.98 Å². The Labute approximate surface area is 115 Å². The molecule has 0 aliphatic heterocycles. The van der Waals surface area contributed by atoms with Crippen LogP contribution in [-0.4, -0.2) is 19.7 Å². The number of benzene rings is 1. The molecule has 0 aliphatic rings. The van der Waals surface area contributed by atoms with E-state index in [2.05, 4.69) is 32.7 Å². The van der Waals surface area contributed by atoms with E-state index in [1.165, 1.54) is 11.3 Å². The van der Waals surface area contributed by atoms with Crippen molar-refractivity contribution in [2.75, 3.05) is 5.73 Å². The maximum absolute atomic E-state index is 5.74. The standard InChI is InChI=1S/C13H15N5S/c1-3-6-18-8(2)16-17-12(18)9-4-5-10-11(7-9)19-13(14)15-10/h4-5,7H,3,6H2,1-2H3,(H2,14,15). The van der Waals surface area contributed by atoms with E-state index < -0.39 is 0 Å². The molecule has 0 aliphatic carbocycles. The second kappa shape index (κ2) is 4.62. The van der Waals surface area contributed by atoms with Crippen molar-refractivity contribution in [1.82, 2.24) is 19.7 Å². The van der Waals surface area contributed by atoms with Gasteiger partial charge in [0.25, 0.3) is 0 Å². The Hall–Kier alpha value is -1.95. The first kappa shape index (κ1) is 12.1. The fourth-order valence-electron chi connectivity index (χ4n) is 2.17. The van der Waals surface area contributed by atoms with E-state index in [9.17, 15) is 0 Å². The molecule has 5 nitrogen and oxygen atoms in total. The maximum Gasteiger partial charge on any atom is 0.181 e. The van der Waals surface area contributed by atoms with Gasteiger partial charge in [-0.1, -0.05) is 18.3 Å². The van der Waals surface area contributed by atoms with Crippen LogP contribution < -0.4 is 5.73 Å². The number of rotatable bonds is 3. The molecule has 0 bridgehead atoms. The fourth-order valence-corrected chi connectivity index (χ4v) is 2.94. The number of aromatic nitrogens is 4. The van der Waals surface area contributed by atoms with Gasteiger partial charge in [0, 0.05) is 12.1 Å². The summed E-state index contributed by atoms with van der Waals surface area (Å²) in [6.07, 6.45) is 1.06. The van der Waals surface area contributed by atoms with E-state index in [4.69, 9.17) is 5.73 Å². The van der Waals surface area contributed by atoms with Crippen molar-refractivity contribution in [1.29, 1.82) is 0 Å². The summed E-state index contributed by atoms with van der Waals surface area (Å²) in [5.74, 6) is 1.86. The summed E-state index contributed by atoms with van der Waals surface area (Å²) >= 11 is 1.50.